The summed E-state index contributed by atoms with van der Waals surface area (Å²) in [6.45, 7) is 2.95. The highest BCUT2D eigenvalue weighted by Crippen LogP contribution is 2.53. The fourth-order valence-corrected chi connectivity index (χ4v) is 14.8. The van der Waals surface area contributed by atoms with Crippen LogP contribution in [0, 0.1) is 0 Å². The van der Waals surface area contributed by atoms with Gasteiger partial charge in [-0.05, 0) is 49.0 Å². The maximum atomic E-state index is 12.8. The van der Waals surface area contributed by atoms with Crippen molar-refractivity contribution in [3.05, 3.63) is 33.0 Å². The fraction of sp³-hybridized carbons (Fsp3) is 0.698. The Labute approximate surface area is 399 Å². The number of esters is 2. The zero-order valence-electron chi connectivity index (χ0n) is 39.5. The number of ether oxygens (including phenoxy) is 2. The molecule has 0 saturated heterocycles. The van der Waals surface area contributed by atoms with E-state index in [2.05, 4.69) is 18.6 Å². The monoisotopic (exact) mass is 964 g/mol. The largest absolute Gasteiger partial charge is 0.466 e. The summed E-state index contributed by atoms with van der Waals surface area (Å²) >= 11 is 7.00. The number of unbranched alkanes of at least 4 members (excludes halogenated alkanes) is 28. The molecule has 64 heavy (non-hydrogen) atoms. The molecule has 0 aromatic carbocycles. The van der Waals surface area contributed by atoms with Crippen LogP contribution in [0.2, 0.25) is 0 Å². The highest BCUT2D eigenvalue weighted by atomic mass is 32.1. The van der Waals surface area contributed by atoms with Crippen LogP contribution in [0.25, 0.3) is 40.4 Å². The quantitative estimate of drug-likeness (QED) is 0.0257. The Morgan fingerprint density at radius 3 is 1.05 bits per heavy atom. The molecule has 0 N–H and O–H groups in total. The number of carbonyl (C=O) groups excluding carboxylic acids is 2. The van der Waals surface area contributed by atoms with Crippen molar-refractivity contribution >= 4 is 97.6 Å². The molecular formula is C53H79F3O4S4. The van der Waals surface area contributed by atoms with Crippen LogP contribution in [-0.2, 0) is 31.9 Å². The van der Waals surface area contributed by atoms with E-state index in [0.29, 0.717) is 0 Å². The van der Waals surface area contributed by atoms with Crippen LogP contribution in [0.5, 0.6) is 0 Å². The normalized spacial score (nSPS) is 12.4. The minimum absolute atomic E-state index is 0.359. The Balaban J connectivity index is 1.37. The van der Waals surface area contributed by atoms with Gasteiger partial charge in [-0.1, -0.05) is 194 Å². The van der Waals surface area contributed by atoms with Gasteiger partial charge in [0.25, 0.3) is 0 Å². The molecule has 360 valence electrons. The van der Waals surface area contributed by atoms with E-state index in [9.17, 15) is 22.8 Å². The predicted octanol–water partition coefficient (Wildman–Crippen LogP) is 19.5. The topological polar surface area (TPSA) is 52.6 Å². The van der Waals surface area contributed by atoms with Crippen molar-refractivity contribution in [2.45, 2.75) is 225 Å². The molecule has 4 heterocycles. The van der Waals surface area contributed by atoms with Crippen LogP contribution in [0.1, 0.15) is 227 Å². The highest BCUT2D eigenvalue weighted by molar-refractivity contribution is 7.44. The number of hydrogen-bond donors (Lipinski definition) is 0. The number of halogens is 3. The summed E-state index contributed by atoms with van der Waals surface area (Å²) < 4.78 is 55.2. The van der Waals surface area contributed by atoms with Crippen molar-refractivity contribution in [2.75, 3.05) is 13.7 Å². The summed E-state index contributed by atoms with van der Waals surface area (Å²) in [6, 6.07) is 0. The molecule has 4 nitrogen and oxygen atoms in total. The highest BCUT2D eigenvalue weighted by Gasteiger charge is 2.29. The Bertz CT molecular complexity index is 1960. The van der Waals surface area contributed by atoms with Crippen LogP contribution < -0.4 is 0 Å². The fourth-order valence-electron chi connectivity index (χ4n) is 8.69. The summed E-state index contributed by atoms with van der Waals surface area (Å²) in [7, 11) is 1.41. The number of carbonyl (C=O) groups is 2. The molecule has 0 amide bonds. The molecular weight excluding hydrogens is 886 g/mol. The summed E-state index contributed by atoms with van der Waals surface area (Å²) in [5.74, 6) is -1.34. The molecule has 4 aromatic rings. The van der Waals surface area contributed by atoms with Crippen molar-refractivity contribution in [1.29, 1.82) is 0 Å². The van der Waals surface area contributed by atoms with E-state index in [1.165, 1.54) is 226 Å². The van der Waals surface area contributed by atoms with Crippen molar-refractivity contribution in [3.8, 4) is 0 Å². The van der Waals surface area contributed by atoms with Crippen molar-refractivity contribution in [1.82, 2.24) is 0 Å². The van der Waals surface area contributed by atoms with Crippen LogP contribution >= 0.6 is 45.3 Å². The van der Waals surface area contributed by atoms with Gasteiger partial charge in [0.1, 0.15) is 0 Å². The lowest BCUT2D eigenvalue weighted by atomic mass is 10.0. The molecule has 0 radical (unpaired) electrons. The third-order valence-corrected chi connectivity index (χ3v) is 18.0. The molecule has 0 atom stereocenters. The van der Waals surface area contributed by atoms with E-state index in [1.807, 2.05) is 17.4 Å². The summed E-state index contributed by atoms with van der Waals surface area (Å²) in [5, 5.41) is 0. The lowest BCUT2D eigenvalue weighted by Crippen LogP contribution is -2.19. The molecule has 0 bridgehead atoms. The van der Waals surface area contributed by atoms with Crippen molar-refractivity contribution < 1.29 is 32.2 Å². The lowest BCUT2D eigenvalue weighted by Gasteiger charge is -2.05. The zero-order chi connectivity index (χ0) is 45.8. The minimum Gasteiger partial charge on any atom is -0.466 e. The molecule has 4 aromatic heterocycles. The first-order chi connectivity index (χ1) is 31.2. The molecule has 0 unspecified atom stereocenters. The molecule has 0 aliphatic heterocycles. The third kappa shape index (κ3) is 19.9. The van der Waals surface area contributed by atoms with Gasteiger partial charge in [-0.2, -0.15) is 13.2 Å². The molecule has 0 spiro atoms. The van der Waals surface area contributed by atoms with Gasteiger partial charge in [0, 0.05) is 21.9 Å². The first kappa shape index (κ1) is 54.4. The first-order valence-electron chi connectivity index (χ1n) is 25.3. The molecule has 11 heteroatoms. The third-order valence-electron chi connectivity index (χ3n) is 12.4. The number of aryl methyl sites for hydroxylation is 2. The molecule has 0 saturated carbocycles. The van der Waals surface area contributed by atoms with Gasteiger partial charge in [-0.15, -0.1) is 45.3 Å². The predicted molar refractivity (Wildman–Crippen MR) is 275 cm³/mol. The summed E-state index contributed by atoms with van der Waals surface area (Å²) in [6.07, 6.45) is 42.8. The smallest absolute Gasteiger partial charge is 0.422 e. The van der Waals surface area contributed by atoms with Gasteiger partial charge >= 0.3 is 18.1 Å². The number of fused-ring (bicyclic) bond motifs is 5. The van der Waals surface area contributed by atoms with E-state index in [-0.39, 0.29) is 5.97 Å². The van der Waals surface area contributed by atoms with Gasteiger partial charge in [-0.25, -0.2) is 9.59 Å². The number of hydrogen-bond acceptors (Lipinski definition) is 8. The van der Waals surface area contributed by atoms with Gasteiger partial charge < -0.3 is 9.47 Å². The molecule has 4 rings (SSSR count). The summed E-state index contributed by atoms with van der Waals surface area (Å²) in [4.78, 5) is 26.5. The van der Waals surface area contributed by atoms with Gasteiger partial charge in [0.15, 0.2) is 6.61 Å². The molecule has 0 aliphatic carbocycles. The number of alkyl halides is 3. The van der Waals surface area contributed by atoms with Gasteiger partial charge in [-0.3, -0.25) is 0 Å². The van der Waals surface area contributed by atoms with E-state index in [0.717, 1.165) is 47.9 Å². The second kappa shape index (κ2) is 31.7. The Morgan fingerprint density at radius 1 is 0.438 bits per heavy atom. The second-order valence-corrected chi connectivity index (χ2v) is 22.0. The van der Waals surface area contributed by atoms with Crippen LogP contribution in [-0.4, -0.2) is 31.8 Å². The van der Waals surface area contributed by atoms with Crippen molar-refractivity contribution in [3.63, 3.8) is 0 Å². The molecule has 0 fully saturated rings. The standard InChI is InChI=1S/C53H79F3O4S4/c1-4-6-8-10-12-14-16-18-20-22-24-26-28-30-32-34-41-43(36-38-45(57)59-3)61-49-47(41)63-52-50-48(64-51(49)52)42(44(62-50)37-39-46(58)60-40-53(54,55)56)35-33-31-29-27-25-23-21-19-17-15-13-11-9-7-5-2/h36-39H,4-35,40H2,1-3H3/b38-36+,39-37+. The van der Waals surface area contributed by atoms with Crippen LogP contribution in [0.4, 0.5) is 13.2 Å². The summed E-state index contributed by atoms with van der Waals surface area (Å²) in [5.41, 5.74) is 2.48. The SMILES string of the molecule is CCCCCCCCCCCCCCCCCc1c(/C=C/C(=O)OC)sc2c1sc1c3sc(/C=C/C(=O)OCC(F)(F)F)c(CCCCCCCCCCCCCCCCC)c3sc21. The lowest BCUT2D eigenvalue weighted by molar-refractivity contribution is -0.182. The van der Waals surface area contributed by atoms with E-state index in [4.69, 9.17) is 4.74 Å². The number of rotatable bonds is 37. The van der Waals surface area contributed by atoms with Crippen LogP contribution in [0.15, 0.2) is 12.2 Å². The maximum absolute atomic E-state index is 12.8. The Kier molecular flexibility index (Phi) is 26.9. The number of methoxy groups -OCH3 is 1. The van der Waals surface area contributed by atoms with E-state index < -0.39 is 18.8 Å². The number of thiophene rings is 4. The minimum atomic E-state index is -4.56. The molecule has 0 aliphatic rings. The average Bonchev–Trinajstić information content (AvgIpc) is 4.01. The van der Waals surface area contributed by atoms with Gasteiger partial charge in [0.05, 0.1) is 35.3 Å². The zero-order valence-corrected chi connectivity index (χ0v) is 42.8. The van der Waals surface area contributed by atoms with Crippen LogP contribution in [0.3, 0.4) is 0 Å². The Hall–Kier alpha value is -2.21. The average molecular weight is 965 g/mol. The second-order valence-electron chi connectivity index (χ2n) is 17.9. The van der Waals surface area contributed by atoms with Crippen molar-refractivity contribution in [2.24, 2.45) is 0 Å². The maximum Gasteiger partial charge on any atom is 0.422 e. The Morgan fingerprint density at radius 2 is 0.734 bits per heavy atom. The van der Waals surface area contributed by atoms with E-state index in [1.54, 1.807) is 40.1 Å². The van der Waals surface area contributed by atoms with Gasteiger partial charge in [0.2, 0.25) is 0 Å². The first-order valence-corrected chi connectivity index (χ1v) is 28.5. The van der Waals surface area contributed by atoms with E-state index >= 15 is 0 Å².